The third kappa shape index (κ3) is 3.59. The second-order valence-electron chi connectivity index (χ2n) is 5.77. The largest absolute Gasteiger partial charge is 0.365 e. The number of hydrogen-bond donors (Lipinski definition) is 1. The Kier molecular flexibility index (Phi) is 6.17. The van der Waals surface area contributed by atoms with Gasteiger partial charge in [0.25, 0.3) is 5.91 Å². The minimum absolute atomic E-state index is 0. The van der Waals surface area contributed by atoms with Crippen LogP contribution in [0.2, 0.25) is 0 Å². The Balaban J connectivity index is 0.00000176. The second kappa shape index (κ2) is 7.90. The van der Waals surface area contributed by atoms with Crippen LogP contribution in [0.5, 0.6) is 0 Å². The van der Waals surface area contributed by atoms with E-state index in [-0.39, 0.29) is 36.6 Å². The van der Waals surface area contributed by atoms with Gasteiger partial charge in [0.1, 0.15) is 6.10 Å². The van der Waals surface area contributed by atoms with Gasteiger partial charge >= 0.3 is 0 Å². The van der Waals surface area contributed by atoms with Gasteiger partial charge in [-0.15, -0.1) is 12.4 Å². The van der Waals surface area contributed by atoms with E-state index < -0.39 is 0 Å². The molecule has 2 fully saturated rings. The molecule has 0 saturated carbocycles. The zero-order chi connectivity index (χ0) is 14.7. The third-order valence-corrected chi connectivity index (χ3v) is 4.43. The number of amides is 1. The SMILES string of the molecule is CCC1CCC(C(=O)N2CCNCC2c2cccnc2)O1.Cl. The van der Waals surface area contributed by atoms with Gasteiger partial charge in [0.15, 0.2) is 0 Å². The van der Waals surface area contributed by atoms with Crippen molar-refractivity contribution in [2.45, 2.75) is 44.4 Å². The molecule has 1 amide bonds. The maximum Gasteiger partial charge on any atom is 0.252 e. The Morgan fingerprint density at radius 1 is 1.50 bits per heavy atom. The van der Waals surface area contributed by atoms with Crippen LogP contribution in [0.25, 0.3) is 0 Å². The van der Waals surface area contributed by atoms with Crippen molar-refractivity contribution in [1.82, 2.24) is 15.2 Å². The highest BCUT2D eigenvalue weighted by Gasteiger charge is 2.36. The number of nitrogens with one attached hydrogen (secondary N) is 1. The average molecular weight is 326 g/mol. The van der Waals surface area contributed by atoms with Gasteiger partial charge in [-0.1, -0.05) is 13.0 Å². The van der Waals surface area contributed by atoms with Gasteiger partial charge in [-0.3, -0.25) is 9.78 Å². The normalized spacial score (nSPS) is 28.2. The summed E-state index contributed by atoms with van der Waals surface area (Å²) in [6.45, 7) is 4.46. The first-order valence-corrected chi connectivity index (χ1v) is 7.86. The van der Waals surface area contributed by atoms with Crippen molar-refractivity contribution in [3.05, 3.63) is 30.1 Å². The van der Waals surface area contributed by atoms with Crippen molar-refractivity contribution in [2.75, 3.05) is 19.6 Å². The molecule has 5 nitrogen and oxygen atoms in total. The first-order valence-electron chi connectivity index (χ1n) is 7.86. The Morgan fingerprint density at radius 3 is 3.05 bits per heavy atom. The van der Waals surface area contributed by atoms with Gasteiger partial charge < -0.3 is 15.0 Å². The quantitative estimate of drug-likeness (QED) is 0.922. The van der Waals surface area contributed by atoms with Crippen LogP contribution in [0.15, 0.2) is 24.5 Å². The average Bonchev–Trinajstić information content (AvgIpc) is 3.04. The van der Waals surface area contributed by atoms with Gasteiger partial charge in [0.05, 0.1) is 12.1 Å². The van der Waals surface area contributed by atoms with Crippen LogP contribution in [0.3, 0.4) is 0 Å². The molecule has 3 heterocycles. The van der Waals surface area contributed by atoms with Crippen molar-refractivity contribution >= 4 is 18.3 Å². The van der Waals surface area contributed by atoms with Crippen LogP contribution in [-0.4, -0.2) is 47.6 Å². The lowest BCUT2D eigenvalue weighted by atomic mass is 10.0. The van der Waals surface area contributed by atoms with Gasteiger partial charge in [-0.2, -0.15) is 0 Å². The number of ether oxygens (including phenoxy) is 1. The minimum atomic E-state index is -0.257. The fourth-order valence-electron chi connectivity index (χ4n) is 3.21. The maximum atomic E-state index is 12.8. The molecule has 3 unspecified atom stereocenters. The summed E-state index contributed by atoms with van der Waals surface area (Å²) in [6.07, 6.45) is 6.43. The molecule has 1 aromatic heterocycles. The zero-order valence-corrected chi connectivity index (χ0v) is 13.7. The molecule has 1 aromatic rings. The highest BCUT2D eigenvalue weighted by Crippen LogP contribution is 2.28. The fourth-order valence-corrected chi connectivity index (χ4v) is 3.21. The molecule has 2 aliphatic rings. The highest BCUT2D eigenvalue weighted by molar-refractivity contribution is 5.85. The lowest BCUT2D eigenvalue weighted by molar-refractivity contribution is -0.146. The van der Waals surface area contributed by atoms with Crippen LogP contribution >= 0.6 is 12.4 Å². The van der Waals surface area contributed by atoms with E-state index in [9.17, 15) is 4.79 Å². The molecule has 6 heteroatoms. The standard InChI is InChI=1S/C16H23N3O2.ClH/c1-2-13-5-6-15(21-13)16(20)19-9-8-18-11-14(19)12-4-3-7-17-10-12;/h3-4,7,10,13-15,18H,2,5-6,8-9,11H2,1H3;1H. The van der Waals surface area contributed by atoms with E-state index in [1.807, 2.05) is 23.2 Å². The molecule has 0 radical (unpaired) electrons. The molecule has 3 rings (SSSR count). The lowest BCUT2D eigenvalue weighted by Crippen LogP contribution is -2.51. The second-order valence-corrected chi connectivity index (χ2v) is 5.77. The Morgan fingerprint density at radius 2 is 2.36 bits per heavy atom. The summed E-state index contributed by atoms with van der Waals surface area (Å²) < 4.78 is 5.88. The monoisotopic (exact) mass is 325 g/mol. The van der Waals surface area contributed by atoms with E-state index >= 15 is 0 Å². The summed E-state index contributed by atoms with van der Waals surface area (Å²) in [5, 5.41) is 3.37. The van der Waals surface area contributed by atoms with E-state index in [0.29, 0.717) is 0 Å². The van der Waals surface area contributed by atoms with Gasteiger partial charge in [-0.25, -0.2) is 0 Å². The molecule has 122 valence electrons. The van der Waals surface area contributed by atoms with Crippen LogP contribution in [0.1, 0.15) is 37.8 Å². The molecule has 0 spiro atoms. The van der Waals surface area contributed by atoms with Crippen molar-refractivity contribution in [3.8, 4) is 0 Å². The van der Waals surface area contributed by atoms with Gasteiger partial charge in [0, 0.05) is 32.0 Å². The van der Waals surface area contributed by atoms with Gasteiger partial charge in [0.2, 0.25) is 0 Å². The summed E-state index contributed by atoms with van der Waals surface area (Å²) in [6, 6.07) is 4.02. The van der Waals surface area contributed by atoms with E-state index in [2.05, 4.69) is 17.2 Å². The Hall–Kier alpha value is -1.17. The first-order chi connectivity index (χ1) is 10.3. The molecule has 2 aliphatic heterocycles. The molecule has 1 N–H and O–H groups in total. The highest BCUT2D eigenvalue weighted by atomic mass is 35.5. The molecule has 2 saturated heterocycles. The number of pyridine rings is 1. The topological polar surface area (TPSA) is 54.5 Å². The summed E-state index contributed by atoms with van der Waals surface area (Å²) in [4.78, 5) is 18.9. The number of carbonyl (C=O) groups excluding carboxylic acids is 1. The van der Waals surface area contributed by atoms with Crippen LogP contribution in [-0.2, 0) is 9.53 Å². The number of nitrogens with zero attached hydrogens (tertiary/aromatic N) is 2. The van der Waals surface area contributed by atoms with Crippen molar-refractivity contribution in [2.24, 2.45) is 0 Å². The number of piperazine rings is 1. The van der Waals surface area contributed by atoms with E-state index in [1.165, 1.54) is 0 Å². The molecule has 0 bridgehead atoms. The molecule has 0 aliphatic carbocycles. The molecular formula is C16H24ClN3O2. The fraction of sp³-hybridized carbons (Fsp3) is 0.625. The summed E-state index contributed by atoms with van der Waals surface area (Å²) in [7, 11) is 0. The van der Waals surface area contributed by atoms with Gasteiger partial charge in [-0.05, 0) is 30.9 Å². The van der Waals surface area contributed by atoms with E-state index in [1.54, 1.807) is 6.20 Å². The Labute approximate surface area is 137 Å². The molecular weight excluding hydrogens is 302 g/mol. The van der Waals surface area contributed by atoms with Crippen LogP contribution in [0, 0.1) is 0 Å². The van der Waals surface area contributed by atoms with Crippen LogP contribution < -0.4 is 5.32 Å². The number of halogens is 1. The third-order valence-electron chi connectivity index (χ3n) is 4.43. The van der Waals surface area contributed by atoms with Crippen molar-refractivity contribution in [1.29, 1.82) is 0 Å². The first kappa shape index (κ1) is 17.2. The number of carbonyl (C=O) groups is 1. The predicted octanol–water partition coefficient (Wildman–Crippen LogP) is 1.93. The minimum Gasteiger partial charge on any atom is -0.365 e. The van der Waals surface area contributed by atoms with E-state index in [4.69, 9.17) is 4.74 Å². The molecule has 3 atom stereocenters. The predicted molar refractivity (Wildman–Crippen MR) is 87.0 cm³/mol. The summed E-state index contributed by atoms with van der Waals surface area (Å²) >= 11 is 0. The van der Waals surface area contributed by atoms with E-state index in [0.717, 1.165) is 44.5 Å². The van der Waals surface area contributed by atoms with Crippen LogP contribution in [0.4, 0.5) is 0 Å². The zero-order valence-electron chi connectivity index (χ0n) is 12.9. The number of rotatable bonds is 3. The smallest absolute Gasteiger partial charge is 0.252 e. The van der Waals surface area contributed by atoms with Crippen molar-refractivity contribution < 1.29 is 9.53 Å². The Bertz CT molecular complexity index is 486. The number of hydrogen-bond acceptors (Lipinski definition) is 4. The maximum absolute atomic E-state index is 12.8. The van der Waals surface area contributed by atoms with Crippen molar-refractivity contribution in [3.63, 3.8) is 0 Å². The summed E-state index contributed by atoms with van der Waals surface area (Å²) in [5.74, 6) is 0.140. The lowest BCUT2D eigenvalue weighted by Gasteiger charge is -2.37. The number of aromatic nitrogens is 1. The molecule has 0 aromatic carbocycles. The summed E-state index contributed by atoms with van der Waals surface area (Å²) in [5.41, 5.74) is 1.09. The molecule has 22 heavy (non-hydrogen) atoms.